The molecule has 0 fully saturated rings. The minimum Gasteiger partial charge on any atom is -0.165 e. The molecule has 0 amide bonds. The van der Waals surface area contributed by atoms with Crippen molar-refractivity contribution in [2.24, 2.45) is 0 Å². The monoisotopic (exact) mass is 677 g/mol. The van der Waals surface area contributed by atoms with E-state index in [0.717, 1.165) is 31.9 Å². The van der Waals surface area contributed by atoms with E-state index in [1.165, 1.54) is 62.7 Å². The zero-order valence-corrected chi connectivity index (χ0v) is 27.6. The number of hydrogen-bond donors (Lipinski definition) is 0. The first-order valence-corrected chi connectivity index (χ1v) is 28.2. The molecule has 0 aliphatic carbocycles. The third kappa shape index (κ3) is 9.08. The Hall–Kier alpha value is -0.673. The number of unbranched alkanes of at least 4 members (excludes halogenated alkanes) is 1. The van der Waals surface area contributed by atoms with Crippen LogP contribution in [0.3, 0.4) is 0 Å². The number of fused-ring (bicyclic) bond motifs is 2. The fourth-order valence-corrected chi connectivity index (χ4v) is 13.4. The first kappa shape index (κ1) is 29.6. The van der Waals surface area contributed by atoms with Crippen molar-refractivity contribution in [2.75, 3.05) is 0 Å². The molecular formula is C30H39Cl2HfSi-2. The van der Waals surface area contributed by atoms with Crippen LogP contribution in [-0.2, 0) is 43.4 Å². The van der Waals surface area contributed by atoms with Gasteiger partial charge in [-0.05, 0) is 25.7 Å². The maximum atomic E-state index is 5.70. The van der Waals surface area contributed by atoms with Gasteiger partial charge >= 0.3 is 66.9 Å². The first-order valence-electron chi connectivity index (χ1n) is 12.7. The summed E-state index contributed by atoms with van der Waals surface area (Å²) in [6.07, 6.45) is 8.06. The molecule has 0 atom stereocenters. The fraction of sp³-hybridized carbons (Fsp3) is 0.400. The van der Waals surface area contributed by atoms with E-state index in [0.29, 0.717) is 0 Å². The van der Waals surface area contributed by atoms with Crippen LogP contribution in [0.4, 0.5) is 0 Å². The summed E-state index contributed by atoms with van der Waals surface area (Å²) >= 11 is -1.82. The Morgan fingerprint density at radius 1 is 0.706 bits per heavy atom. The second-order valence-corrected chi connectivity index (χ2v) is 32.1. The summed E-state index contributed by atoms with van der Waals surface area (Å²) in [7, 11) is 11.4. The summed E-state index contributed by atoms with van der Waals surface area (Å²) < 4.78 is 0. The van der Waals surface area contributed by atoms with E-state index in [4.69, 9.17) is 17.2 Å². The van der Waals surface area contributed by atoms with Crippen LogP contribution in [0.25, 0.3) is 21.5 Å². The largest absolute Gasteiger partial charge is 0.165 e. The van der Waals surface area contributed by atoms with Gasteiger partial charge in [0.25, 0.3) is 0 Å². The van der Waals surface area contributed by atoms with Crippen molar-refractivity contribution in [2.45, 2.75) is 79.2 Å². The van der Waals surface area contributed by atoms with Crippen molar-refractivity contribution >= 4 is 44.9 Å². The van der Waals surface area contributed by atoms with Crippen molar-refractivity contribution < 1.29 is 17.7 Å². The van der Waals surface area contributed by atoms with Gasteiger partial charge < -0.3 is 0 Å². The summed E-state index contributed by atoms with van der Waals surface area (Å²) in [4.78, 5) is 0. The Bertz CT molecular complexity index is 1080. The SMILES string of the molecule is CCCC[Si]=[Hf]([Cl])[Cl].CCc1cc2c(CC)cccc2[cH-]1.CCc1cc2c(CC)cccc2[cH-]1. The van der Waals surface area contributed by atoms with Gasteiger partial charge in [-0.2, -0.15) is 12.1 Å². The van der Waals surface area contributed by atoms with Gasteiger partial charge in [0, 0.05) is 0 Å². The fourth-order valence-electron chi connectivity index (χ4n) is 4.11. The quantitative estimate of drug-likeness (QED) is 0.104. The third-order valence-electron chi connectivity index (χ3n) is 6.17. The molecule has 0 spiro atoms. The van der Waals surface area contributed by atoms with Gasteiger partial charge in [-0.3, -0.25) is 0 Å². The summed E-state index contributed by atoms with van der Waals surface area (Å²) in [5, 5.41) is 5.69. The summed E-state index contributed by atoms with van der Waals surface area (Å²) in [5.41, 5.74) is 5.85. The Balaban J connectivity index is 0.000000187. The van der Waals surface area contributed by atoms with Crippen LogP contribution in [0.1, 0.15) is 69.7 Å². The summed E-state index contributed by atoms with van der Waals surface area (Å²) in [5.74, 6) is 0. The molecule has 4 aromatic rings. The smallest absolute Gasteiger partial charge is 0.0397 e. The van der Waals surface area contributed by atoms with E-state index >= 15 is 0 Å². The van der Waals surface area contributed by atoms with Crippen LogP contribution in [0.2, 0.25) is 6.04 Å². The molecule has 1 radical (unpaired) electrons. The predicted molar refractivity (Wildman–Crippen MR) is 154 cm³/mol. The molecule has 4 heteroatoms. The van der Waals surface area contributed by atoms with Gasteiger partial charge in [-0.1, -0.05) is 51.0 Å². The zero-order valence-electron chi connectivity index (χ0n) is 21.5. The van der Waals surface area contributed by atoms with Crippen LogP contribution in [0.15, 0.2) is 60.7 Å². The number of halogens is 2. The molecule has 4 rings (SSSR count). The standard InChI is InChI=1S/2C13H15.C4H9Si.2ClH.Hf/c2*1-3-10-8-12-7-5-6-11(4-2)13(12)9-10;1-2-3-4-5;;;/h2*5-9H,3-4H2,1-2H3;2-4H2,1H3;2*1H;/q2*-1;;;;+2/p-2. The first-order chi connectivity index (χ1) is 16.5. The average Bonchev–Trinajstić information content (AvgIpc) is 3.48. The minimum atomic E-state index is -1.82. The van der Waals surface area contributed by atoms with E-state index in [-0.39, 0.29) is 0 Å². The molecular weight excluding hydrogens is 638 g/mol. The summed E-state index contributed by atoms with van der Waals surface area (Å²) in [6, 6.07) is 23.7. The molecule has 0 nitrogen and oxygen atoms in total. The number of rotatable bonds is 7. The molecule has 34 heavy (non-hydrogen) atoms. The number of aryl methyl sites for hydroxylation is 4. The number of hydrogen-bond acceptors (Lipinski definition) is 0. The van der Waals surface area contributed by atoms with Gasteiger partial charge in [-0.15, -0.1) is 69.1 Å². The Morgan fingerprint density at radius 3 is 1.53 bits per heavy atom. The van der Waals surface area contributed by atoms with Crippen molar-refractivity contribution in [1.82, 2.24) is 0 Å². The second kappa shape index (κ2) is 16.1. The molecule has 0 aliphatic heterocycles. The molecule has 0 N–H and O–H groups in total. The maximum Gasteiger partial charge on any atom is -0.0397 e. The van der Waals surface area contributed by atoms with Gasteiger partial charge in [0.05, 0.1) is 0 Å². The molecule has 0 saturated carbocycles. The minimum absolute atomic E-state index is 0.939. The van der Waals surface area contributed by atoms with Crippen LogP contribution in [-0.4, -0.2) is 6.22 Å². The molecule has 4 aromatic carbocycles. The van der Waals surface area contributed by atoms with Crippen LogP contribution < -0.4 is 0 Å². The normalized spacial score (nSPS) is 10.4. The number of benzene rings is 2. The van der Waals surface area contributed by atoms with Crippen molar-refractivity contribution in [1.29, 1.82) is 0 Å². The molecule has 0 aliphatic rings. The van der Waals surface area contributed by atoms with Crippen molar-refractivity contribution in [3.8, 4) is 0 Å². The van der Waals surface area contributed by atoms with Gasteiger partial charge in [0.1, 0.15) is 0 Å². The van der Waals surface area contributed by atoms with Crippen LogP contribution in [0, 0.1) is 0 Å². The van der Waals surface area contributed by atoms with Crippen LogP contribution in [0.5, 0.6) is 0 Å². The molecule has 0 heterocycles. The average molecular weight is 677 g/mol. The zero-order chi connectivity index (χ0) is 24.9. The van der Waals surface area contributed by atoms with Gasteiger partial charge in [0.15, 0.2) is 0 Å². The Labute approximate surface area is 223 Å². The van der Waals surface area contributed by atoms with E-state index in [2.05, 4.69) is 95.3 Å². The van der Waals surface area contributed by atoms with Gasteiger partial charge in [0.2, 0.25) is 0 Å². The summed E-state index contributed by atoms with van der Waals surface area (Å²) in [6.45, 7) is 11.0. The van der Waals surface area contributed by atoms with E-state index in [1.807, 2.05) is 0 Å². The maximum absolute atomic E-state index is 5.70. The van der Waals surface area contributed by atoms with Crippen molar-refractivity contribution in [3.05, 3.63) is 82.9 Å². The van der Waals surface area contributed by atoms with E-state index in [9.17, 15) is 0 Å². The van der Waals surface area contributed by atoms with Gasteiger partial charge in [-0.25, -0.2) is 0 Å². The van der Waals surface area contributed by atoms with E-state index < -0.39 is 17.7 Å². The van der Waals surface area contributed by atoms with Crippen LogP contribution >= 0.6 is 17.2 Å². The predicted octanol–water partition coefficient (Wildman–Crippen LogP) is 10.1. The molecule has 0 bridgehead atoms. The van der Waals surface area contributed by atoms with E-state index in [1.54, 1.807) is 0 Å². The topological polar surface area (TPSA) is 0 Å². The molecule has 183 valence electrons. The Kier molecular flexibility index (Phi) is 14.0. The third-order valence-corrected chi connectivity index (χ3v) is 19.2. The van der Waals surface area contributed by atoms with Crippen molar-refractivity contribution in [3.63, 3.8) is 0 Å². The molecule has 0 saturated heterocycles. The second-order valence-electron chi connectivity index (χ2n) is 8.52. The molecule has 0 aromatic heterocycles. The Morgan fingerprint density at radius 2 is 1.18 bits per heavy atom. The molecule has 0 unspecified atom stereocenters.